The van der Waals surface area contributed by atoms with Crippen LogP contribution in [0.3, 0.4) is 0 Å². The fourth-order valence-corrected chi connectivity index (χ4v) is 0. The summed E-state index contributed by atoms with van der Waals surface area (Å²) >= 11 is 4.78. The quantitative estimate of drug-likeness (QED) is 0.243. The molecule has 0 radical (unpaired) electrons. The van der Waals surface area contributed by atoms with Crippen molar-refractivity contribution in [3.63, 3.8) is 0 Å². The molecular formula is H9ClSi3. The van der Waals surface area contributed by atoms with Gasteiger partial charge in [0.15, 0.2) is 0 Å². The molecule has 0 aliphatic carbocycles. The van der Waals surface area contributed by atoms with Gasteiger partial charge in [-0.25, -0.2) is 0 Å². The molecule has 0 aromatic rings. The lowest BCUT2D eigenvalue weighted by Gasteiger charge is -1.05. The van der Waals surface area contributed by atoms with E-state index in [1.54, 1.807) is 0 Å². The maximum Gasteiger partial charge on any atom is 0.109 e. The van der Waals surface area contributed by atoms with Crippen molar-refractivity contribution in [2.75, 3.05) is 0 Å². The minimum atomic E-state index is 0.778. The molecule has 0 bridgehead atoms. The third-order valence-electron chi connectivity index (χ3n) is 0. The highest BCUT2D eigenvalue weighted by Gasteiger charge is 0.988. The van der Waals surface area contributed by atoms with Crippen LogP contribution in [0, 0.1) is 0 Å². The zero-order chi connectivity index (χ0) is 4.00. The van der Waals surface area contributed by atoms with Gasteiger partial charge in [0.1, 0.15) is 9.55 Å². The summed E-state index contributed by atoms with van der Waals surface area (Å²) in [6.07, 6.45) is 0. The van der Waals surface area contributed by atoms with E-state index < -0.39 is 0 Å². The lowest BCUT2D eigenvalue weighted by Crippen LogP contribution is -1.38. The lowest BCUT2D eigenvalue weighted by atomic mass is 27.1. The minimum absolute atomic E-state index is 0.778. The van der Waals surface area contributed by atoms with Crippen LogP contribution < -0.4 is 0 Å². The third kappa shape index (κ3) is 12.5. The summed E-state index contributed by atoms with van der Waals surface area (Å²) in [6, 6.07) is 0. The largest absolute Gasteiger partial charge is 0.181 e. The SMILES string of the molecule is [SiH3]Cl.[SiH3][SiH3]. The summed E-state index contributed by atoms with van der Waals surface area (Å²) in [5.74, 6) is 0. The second kappa shape index (κ2) is 38.5. The van der Waals surface area contributed by atoms with Crippen molar-refractivity contribution in [2.24, 2.45) is 0 Å². The van der Waals surface area contributed by atoms with E-state index in [9.17, 15) is 0 Å². The Bertz CT molecular complexity index is 3.25. The van der Waals surface area contributed by atoms with Crippen molar-refractivity contribution >= 4 is 40.2 Å². The molecule has 0 saturated carbocycles. The molecule has 0 amide bonds. The maximum atomic E-state index is 4.78. The zero-order valence-corrected chi connectivity index (χ0v) is 10.1. The number of halogens is 1. The zero-order valence-electron chi connectivity index (χ0n) is 3.38. The standard InChI is InChI=1S/ClH3Si.H6Si2/c2*1-2/h2H3;1-2H3. The first kappa shape index (κ1) is 8.87. The first-order valence-electron chi connectivity index (χ1n) is 1.38. The fraction of sp³-hybridized carbons (Fsp3) is 0. The molecule has 0 heterocycles. The number of hydrogen-bond donors (Lipinski definition) is 0. The van der Waals surface area contributed by atoms with E-state index in [0.717, 1.165) is 9.55 Å². The topological polar surface area (TPSA) is 0 Å². The van der Waals surface area contributed by atoms with E-state index in [1.165, 1.54) is 19.5 Å². The van der Waals surface area contributed by atoms with E-state index in [0.29, 0.717) is 0 Å². The van der Waals surface area contributed by atoms with E-state index in [4.69, 9.17) is 11.1 Å². The summed E-state index contributed by atoms with van der Waals surface area (Å²) in [5.41, 5.74) is 0. The summed E-state index contributed by atoms with van der Waals surface area (Å²) in [4.78, 5) is 0. The molecule has 0 atom stereocenters. The number of rotatable bonds is 0. The second-order valence-electron chi connectivity index (χ2n) is 0. The van der Waals surface area contributed by atoms with Gasteiger partial charge in [-0.15, -0.1) is 0 Å². The lowest BCUT2D eigenvalue weighted by molar-refractivity contribution is 4.75. The van der Waals surface area contributed by atoms with Gasteiger partial charge in [-0.05, 0) is 19.5 Å². The van der Waals surface area contributed by atoms with Gasteiger partial charge >= 0.3 is 0 Å². The molecule has 0 spiro atoms. The molecule has 0 unspecified atom stereocenters. The Labute approximate surface area is 40.7 Å². The molecular weight excluding hydrogens is 120 g/mol. The molecule has 0 aliphatic heterocycles. The summed E-state index contributed by atoms with van der Waals surface area (Å²) < 4.78 is 0. The van der Waals surface area contributed by atoms with Crippen molar-refractivity contribution in [3.8, 4) is 0 Å². The molecule has 0 aliphatic rings. The Balaban J connectivity index is 0. The van der Waals surface area contributed by atoms with E-state index in [-0.39, 0.29) is 0 Å². The van der Waals surface area contributed by atoms with Crippen molar-refractivity contribution in [2.45, 2.75) is 0 Å². The first-order chi connectivity index (χ1) is 2.00. The highest BCUT2D eigenvalue weighted by Crippen LogP contribution is 1.29. The molecule has 0 aromatic heterocycles. The third-order valence-corrected chi connectivity index (χ3v) is 0. The average molecular weight is 129 g/mol. The Kier molecular flexibility index (Phi) is 85.4. The van der Waals surface area contributed by atoms with Gasteiger partial charge < -0.3 is 0 Å². The van der Waals surface area contributed by atoms with Crippen LogP contribution >= 0.6 is 11.1 Å². The van der Waals surface area contributed by atoms with Gasteiger partial charge in [-0.3, -0.25) is 0 Å². The van der Waals surface area contributed by atoms with Gasteiger partial charge in [0.2, 0.25) is 0 Å². The Morgan fingerprint density at radius 2 is 1.00 bits per heavy atom. The van der Waals surface area contributed by atoms with Crippen molar-refractivity contribution in [3.05, 3.63) is 0 Å². The molecule has 0 fully saturated rings. The van der Waals surface area contributed by atoms with E-state index in [1.807, 2.05) is 0 Å². The normalized spacial score (nSPS) is 5.25. The van der Waals surface area contributed by atoms with Gasteiger partial charge in [0.25, 0.3) is 0 Å². The van der Waals surface area contributed by atoms with Crippen LogP contribution in [0.2, 0.25) is 0 Å². The molecule has 4 heavy (non-hydrogen) atoms. The average Bonchev–Trinajstić information content (AvgIpc) is 1.50. The molecule has 0 nitrogen and oxygen atoms in total. The van der Waals surface area contributed by atoms with Crippen molar-refractivity contribution in [1.29, 1.82) is 0 Å². The van der Waals surface area contributed by atoms with Gasteiger partial charge in [0, 0.05) is 0 Å². The maximum absolute atomic E-state index is 4.78. The smallest absolute Gasteiger partial charge is 0.109 e. The second-order valence-corrected chi connectivity index (χ2v) is 0. The Morgan fingerprint density at radius 1 is 1.00 bits per heavy atom. The highest BCUT2D eigenvalue weighted by atomic mass is 35.6. The van der Waals surface area contributed by atoms with Gasteiger partial charge in [0.05, 0.1) is 0 Å². The molecule has 0 rings (SSSR count). The van der Waals surface area contributed by atoms with Crippen LogP contribution in [0.4, 0.5) is 0 Å². The molecule has 4 heteroatoms. The van der Waals surface area contributed by atoms with E-state index in [2.05, 4.69) is 0 Å². The van der Waals surface area contributed by atoms with Gasteiger partial charge in [-0.2, -0.15) is 11.1 Å². The summed E-state index contributed by atoms with van der Waals surface area (Å²) in [7, 11) is 3.67. The van der Waals surface area contributed by atoms with Crippen LogP contribution in [0.1, 0.15) is 0 Å². The predicted octanol–water partition coefficient (Wildman–Crippen LogP) is -2.86. The minimum Gasteiger partial charge on any atom is -0.181 e. The molecule has 28 valence electrons. The van der Waals surface area contributed by atoms with Crippen LogP contribution in [0.5, 0.6) is 0 Å². The van der Waals surface area contributed by atoms with Crippen molar-refractivity contribution in [1.82, 2.24) is 0 Å². The van der Waals surface area contributed by atoms with E-state index >= 15 is 0 Å². The number of hydrogen-bond acceptors (Lipinski definition) is 0. The van der Waals surface area contributed by atoms with Crippen LogP contribution in [-0.2, 0) is 0 Å². The first-order valence-corrected chi connectivity index (χ1v) is 12.4. The van der Waals surface area contributed by atoms with Crippen molar-refractivity contribution < 1.29 is 0 Å². The van der Waals surface area contributed by atoms with Crippen LogP contribution in [0.25, 0.3) is 0 Å². The Morgan fingerprint density at radius 3 is 1.00 bits per heavy atom. The monoisotopic (exact) mass is 128 g/mol. The van der Waals surface area contributed by atoms with Crippen LogP contribution in [0.15, 0.2) is 0 Å². The van der Waals surface area contributed by atoms with Gasteiger partial charge in [-0.1, -0.05) is 0 Å². The summed E-state index contributed by atoms with van der Waals surface area (Å²) in [5, 5.41) is 0. The van der Waals surface area contributed by atoms with Crippen LogP contribution in [-0.4, -0.2) is 29.1 Å². The molecule has 0 saturated heterocycles. The predicted molar refractivity (Wildman–Crippen MR) is 35.7 cm³/mol. The fourth-order valence-electron chi connectivity index (χ4n) is 0. The Hall–Kier alpha value is 0.941. The highest BCUT2D eigenvalue weighted by molar-refractivity contribution is 6.80. The summed E-state index contributed by atoms with van der Waals surface area (Å²) in [6.45, 7) is 0. The molecule has 0 N–H and O–H groups in total. The molecule has 0 aromatic carbocycles.